The van der Waals surface area contributed by atoms with Crippen molar-refractivity contribution in [2.45, 2.75) is 0 Å². The van der Waals surface area contributed by atoms with Crippen molar-refractivity contribution in [2.24, 2.45) is 0 Å². The molecule has 0 bridgehead atoms. The van der Waals surface area contributed by atoms with E-state index in [9.17, 15) is 13.6 Å². The Hall–Kier alpha value is -3.65. The first-order valence-electron chi connectivity index (χ1n) is 8.39. The van der Waals surface area contributed by atoms with Gasteiger partial charge in [-0.05, 0) is 35.2 Å². The van der Waals surface area contributed by atoms with Crippen LogP contribution in [0.5, 0.6) is 11.6 Å². The molecular weight excluding hydrogens is 398 g/mol. The Bertz CT molecular complexity index is 1240. The second-order valence-electron chi connectivity index (χ2n) is 5.96. The molecule has 0 aliphatic rings. The SMILES string of the molecule is O=C(O)/C=C/c1ccc(-c2nc(Oc3ccc(F)cc3F)c3sccc3n2)cc1. The van der Waals surface area contributed by atoms with E-state index >= 15 is 0 Å². The number of fused-ring (bicyclic) bond motifs is 1. The lowest BCUT2D eigenvalue weighted by atomic mass is 10.1. The molecule has 0 fully saturated rings. The molecule has 0 radical (unpaired) electrons. The number of aromatic nitrogens is 2. The summed E-state index contributed by atoms with van der Waals surface area (Å²) < 4.78 is 33.4. The highest BCUT2D eigenvalue weighted by Crippen LogP contribution is 2.34. The molecule has 1 N–H and O–H groups in total. The predicted octanol–water partition coefficient (Wildman–Crippen LogP) is 5.53. The van der Waals surface area contributed by atoms with Crippen LogP contribution in [0.15, 0.2) is 60.0 Å². The monoisotopic (exact) mass is 410 g/mol. The molecule has 0 atom stereocenters. The van der Waals surface area contributed by atoms with Gasteiger partial charge in [0.1, 0.15) is 10.5 Å². The molecule has 2 aromatic heterocycles. The molecule has 8 heteroatoms. The van der Waals surface area contributed by atoms with Crippen LogP contribution >= 0.6 is 11.3 Å². The number of carboxylic acid groups (broad SMARTS) is 1. The summed E-state index contributed by atoms with van der Waals surface area (Å²) in [5.41, 5.74) is 2.01. The number of hydrogen-bond acceptors (Lipinski definition) is 5. The van der Waals surface area contributed by atoms with Crippen molar-refractivity contribution < 1.29 is 23.4 Å². The Balaban J connectivity index is 1.72. The van der Waals surface area contributed by atoms with Gasteiger partial charge < -0.3 is 9.84 Å². The van der Waals surface area contributed by atoms with Crippen LogP contribution in [0.3, 0.4) is 0 Å². The fraction of sp³-hybridized carbons (Fsp3) is 0. The van der Waals surface area contributed by atoms with Gasteiger partial charge in [-0.1, -0.05) is 24.3 Å². The van der Waals surface area contributed by atoms with Crippen molar-refractivity contribution >= 4 is 33.6 Å². The van der Waals surface area contributed by atoms with Crippen molar-refractivity contribution in [3.63, 3.8) is 0 Å². The molecule has 5 nitrogen and oxygen atoms in total. The molecule has 0 aliphatic carbocycles. The third-order valence-corrected chi connectivity index (χ3v) is 4.85. The van der Waals surface area contributed by atoms with E-state index in [0.29, 0.717) is 27.2 Å². The Morgan fingerprint density at radius 1 is 1.07 bits per heavy atom. The van der Waals surface area contributed by atoms with E-state index in [1.807, 2.05) is 5.38 Å². The topological polar surface area (TPSA) is 72.3 Å². The molecule has 0 spiro atoms. The maximum atomic E-state index is 14.0. The number of carboxylic acids is 1. The first-order chi connectivity index (χ1) is 14.0. The van der Waals surface area contributed by atoms with Gasteiger partial charge in [-0.2, -0.15) is 4.98 Å². The first kappa shape index (κ1) is 18.7. The normalized spacial score (nSPS) is 11.2. The number of rotatable bonds is 5. The zero-order valence-corrected chi connectivity index (χ0v) is 15.5. The van der Waals surface area contributed by atoms with Gasteiger partial charge >= 0.3 is 5.97 Å². The summed E-state index contributed by atoms with van der Waals surface area (Å²) in [4.78, 5) is 19.5. The van der Waals surface area contributed by atoms with Crippen molar-refractivity contribution in [3.8, 4) is 23.0 Å². The van der Waals surface area contributed by atoms with E-state index in [1.165, 1.54) is 23.5 Å². The summed E-state index contributed by atoms with van der Waals surface area (Å²) in [6, 6.07) is 11.8. The molecule has 144 valence electrons. The number of ether oxygens (including phenoxy) is 1. The Labute approximate surface area is 167 Å². The van der Waals surface area contributed by atoms with Gasteiger partial charge in [0.25, 0.3) is 0 Å². The molecule has 2 aromatic carbocycles. The zero-order chi connectivity index (χ0) is 20.4. The average Bonchev–Trinajstić information content (AvgIpc) is 3.18. The zero-order valence-electron chi connectivity index (χ0n) is 14.7. The van der Waals surface area contributed by atoms with E-state index < -0.39 is 17.6 Å². The van der Waals surface area contributed by atoms with Crippen LogP contribution in [-0.2, 0) is 4.79 Å². The molecule has 4 rings (SSSR count). The lowest BCUT2D eigenvalue weighted by Gasteiger charge is -2.09. The Morgan fingerprint density at radius 2 is 1.86 bits per heavy atom. The fourth-order valence-electron chi connectivity index (χ4n) is 2.61. The molecule has 0 unspecified atom stereocenters. The maximum absolute atomic E-state index is 14.0. The largest absolute Gasteiger partial charge is 0.478 e. The van der Waals surface area contributed by atoms with E-state index in [0.717, 1.165) is 18.2 Å². The molecule has 4 aromatic rings. The van der Waals surface area contributed by atoms with Crippen LogP contribution in [0.25, 0.3) is 27.7 Å². The number of aliphatic carboxylic acids is 1. The Kier molecular flexibility index (Phi) is 5.01. The van der Waals surface area contributed by atoms with Crippen LogP contribution in [-0.4, -0.2) is 21.0 Å². The summed E-state index contributed by atoms with van der Waals surface area (Å²) in [5.74, 6) is -2.17. The summed E-state index contributed by atoms with van der Waals surface area (Å²) in [7, 11) is 0. The van der Waals surface area contributed by atoms with Crippen LogP contribution in [0, 0.1) is 11.6 Å². The highest BCUT2D eigenvalue weighted by molar-refractivity contribution is 7.17. The summed E-state index contributed by atoms with van der Waals surface area (Å²) in [6.45, 7) is 0. The van der Waals surface area contributed by atoms with Gasteiger partial charge in [0.2, 0.25) is 5.88 Å². The highest BCUT2D eigenvalue weighted by Gasteiger charge is 2.15. The van der Waals surface area contributed by atoms with Gasteiger partial charge in [0.15, 0.2) is 17.4 Å². The first-order valence-corrected chi connectivity index (χ1v) is 9.27. The van der Waals surface area contributed by atoms with E-state index in [-0.39, 0.29) is 11.6 Å². The van der Waals surface area contributed by atoms with Crippen molar-refractivity contribution in [3.05, 3.63) is 77.2 Å². The second kappa shape index (κ2) is 7.76. The highest BCUT2D eigenvalue weighted by atomic mass is 32.1. The van der Waals surface area contributed by atoms with Crippen LogP contribution in [0.1, 0.15) is 5.56 Å². The molecule has 0 saturated heterocycles. The number of benzene rings is 2. The third-order valence-electron chi connectivity index (χ3n) is 3.96. The number of carbonyl (C=O) groups is 1. The summed E-state index contributed by atoms with van der Waals surface area (Å²) >= 11 is 1.35. The van der Waals surface area contributed by atoms with Gasteiger partial charge in [0.05, 0.1) is 5.52 Å². The van der Waals surface area contributed by atoms with Gasteiger partial charge in [0, 0.05) is 17.7 Å². The third kappa shape index (κ3) is 4.12. The van der Waals surface area contributed by atoms with Crippen LogP contribution in [0.2, 0.25) is 0 Å². The molecule has 2 heterocycles. The van der Waals surface area contributed by atoms with Crippen LogP contribution < -0.4 is 4.74 Å². The Morgan fingerprint density at radius 3 is 2.59 bits per heavy atom. The minimum absolute atomic E-state index is 0.139. The number of halogens is 2. The quantitative estimate of drug-likeness (QED) is 0.438. The minimum Gasteiger partial charge on any atom is -0.478 e. The summed E-state index contributed by atoms with van der Waals surface area (Å²) in [5, 5.41) is 10.5. The summed E-state index contributed by atoms with van der Waals surface area (Å²) in [6.07, 6.45) is 2.52. The van der Waals surface area contributed by atoms with Gasteiger partial charge in [-0.15, -0.1) is 11.3 Å². The minimum atomic E-state index is -1.03. The predicted molar refractivity (Wildman–Crippen MR) is 106 cm³/mol. The van der Waals surface area contributed by atoms with Crippen LogP contribution in [0.4, 0.5) is 8.78 Å². The van der Waals surface area contributed by atoms with E-state index in [2.05, 4.69) is 9.97 Å². The van der Waals surface area contributed by atoms with Crippen molar-refractivity contribution in [1.82, 2.24) is 9.97 Å². The standard InChI is InChI=1S/C21H12F2N2O3S/c22-14-6-7-17(15(23)11-14)28-21-19-16(9-10-29-19)24-20(25-21)13-4-1-12(2-5-13)3-8-18(26)27/h1-11H,(H,26,27)/b8-3+. The van der Waals surface area contributed by atoms with E-state index in [4.69, 9.17) is 9.84 Å². The second-order valence-corrected chi connectivity index (χ2v) is 6.87. The number of hydrogen-bond donors (Lipinski definition) is 1. The van der Waals surface area contributed by atoms with Crippen molar-refractivity contribution in [1.29, 1.82) is 0 Å². The number of nitrogens with zero attached hydrogens (tertiary/aromatic N) is 2. The lowest BCUT2D eigenvalue weighted by molar-refractivity contribution is -0.131. The fourth-order valence-corrected chi connectivity index (χ4v) is 3.36. The smallest absolute Gasteiger partial charge is 0.328 e. The van der Waals surface area contributed by atoms with E-state index in [1.54, 1.807) is 30.3 Å². The van der Waals surface area contributed by atoms with Gasteiger partial charge in [-0.3, -0.25) is 0 Å². The number of thiophene rings is 1. The van der Waals surface area contributed by atoms with Crippen molar-refractivity contribution in [2.75, 3.05) is 0 Å². The molecule has 0 aliphatic heterocycles. The lowest BCUT2D eigenvalue weighted by Crippen LogP contribution is -1.96. The maximum Gasteiger partial charge on any atom is 0.328 e. The molecule has 29 heavy (non-hydrogen) atoms. The molecular formula is C21H12F2N2O3S. The molecule has 0 amide bonds. The van der Waals surface area contributed by atoms with Gasteiger partial charge in [-0.25, -0.2) is 18.6 Å². The average molecular weight is 410 g/mol. The molecule has 0 saturated carbocycles.